The molecule has 0 fully saturated rings. The zero-order valence-corrected chi connectivity index (χ0v) is 9.97. The van der Waals surface area contributed by atoms with Gasteiger partial charge in [0.15, 0.2) is 0 Å². The van der Waals surface area contributed by atoms with E-state index in [9.17, 15) is 13.2 Å². The van der Waals surface area contributed by atoms with Crippen molar-refractivity contribution >= 4 is 10.8 Å². The molecule has 0 aliphatic heterocycles. The number of halogens is 3. The fourth-order valence-electron chi connectivity index (χ4n) is 1.50. The highest BCUT2D eigenvalue weighted by Gasteiger charge is 2.30. The minimum atomic E-state index is -4.29. The molecule has 0 bridgehead atoms. The highest BCUT2D eigenvalue weighted by atomic mass is 19.4. The molecule has 1 aromatic carbocycles. The predicted octanol–water partition coefficient (Wildman–Crippen LogP) is 4.59. The zero-order valence-electron chi connectivity index (χ0n) is 9.97. The molecule has 0 amide bonds. The van der Waals surface area contributed by atoms with Gasteiger partial charge in [-0.25, -0.2) is 0 Å². The van der Waals surface area contributed by atoms with Gasteiger partial charge in [-0.3, -0.25) is 4.98 Å². The van der Waals surface area contributed by atoms with E-state index in [4.69, 9.17) is 0 Å². The number of alkyl halides is 3. The van der Waals surface area contributed by atoms with Gasteiger partial charge in [-0.05, 0) is 30.0 Å². The summed E-state index contributed by atoms with van der Waals surface area (Å²) in [5.41, 5.74) is 0.239. The van der Waals surface area contributed by atoms with E-state index in [-0.39, 0.29) is 0 Å². The SMILES string of the molecule is CC.Cc1cncc2cc(C(F)(F)F)ccc12. The number of rotatable bonds is 0. The molecule has 17 heavy (non-hydrogen) atoms. The summed E-state index contributed by atoms with van der Waals surface area (Å²) < 4.78 is 37.2. The Hall–Kier alpha value is -1.58. The molecule has 92 valence electrons. The van der Waals surface area contributed by atoms with Crippen molar-refractivity contribution in [2.75, 3.05) is 0 Å². The summed E-state index contributed by atoms with van der Waals surface area (Å²) in [4.78, 5) is 3.87. The largest absolute Gasteiger partial charge is 0.416 e. The fourth-order valence-corrected chi connectivity index (χ4v) is 1.50. The number of aromatic nitrogens is 1. The molecular weight excluding hydrogens is 227 g/mol. The van der Waals surface area contributed by atoms with Gasteiger partial charge in [0.2, 0.25) is 0 Å². The lowest BCUT2D eigenvalue weighted by Crippen LogP contribution is -2.04. The van der Waals surface area contributed by atoms with Crippen LogP contribution in [0.3, 0.4) is 0 Å². The summed E-state index contributed by atoms with van der Waals surface area (Å²) in [6, 6.07) is 3.69. The number of nitrogens with zero attached hydrogens (tertiary/aromatic N) is 1. The number of hydrogen-bond donors (Lipinski definition) is 0. The quantitative estimate of drug-likeness (QED) is 0.657. The Kier molecular flexibility index (Phi) is 4.10. The first-order valence-corrected chi connectivity index (χ1v) is 5.40. The number of benzene rings is 1. The molecule has 1 aromatic heterocycles. The molecule has 0 N–H and O–H groups in total. The molecule has 1 nitrogen and oxygen atoms in total. The van der Waals surface area contributed by atoms with Crippen molar-refractivity contribution in [3.8, 4) is 0 Å². The highest BCUT2D eigenvalue weighted by Crippen LogP contribution is 2.31. The van der Waals surface area contributed by atoms with E-state index < -0.39 is 11.7 Å². The van der Waals surface area contributed by atoms with E-state index in [2.05, 4.69) is 4.98 Å². The second-order valence-corrected chi connectivity index (χ2v) is 3.39. The van der Waals surface area contributed by atoms with Gasteiger partial charge in [0, 0.05) is 17.8 Å². The lowest BCUT2D eigenvalue weighted by molar-refractivity contribution is -0.137. The first-order valence-electron chi connectivity index (χ1n) is 5.40. The summed E-state index contributed by atoms with van der Waals surface area (Å²) in [5.74, 6) is 0. The van der Waals surface area contributed by atoms with Crippen molar-refractivity contribution in [2.45, 2.75) is 26.9 Å². The Morgan fingerprint density at radius 1 is 1.06 bits per heavy atom. The van der Waals surface area contributed by atoms with Gasteiger partial charge in [-0.1, -0.05) is 19.9 Å². The van der Waals surface area contributed by atoms with Crippen molar-refractivity contribution < 1.29 is 13.2 Å². The van der Waals surface area contributed by atoms with E-state index in [1.807, 2.05) is 20.8 Å². The molecule has 0 atom stereocenters. The second-order valence-electron chi connectivity index (χ2n) is 3.39. The molecule has 0 spiro atoms. The summed E-state index contributed by atoms with van der Waals surface area (Å²) in [6.45, 7) is 5.82. The number of hydrogen-bond acceptors (Lipinski definition) is 1. The van der Waals surface area contributed by atoms with Gasteiger partial charge in [0.1, 0.15) is 0 Å². The maximum absolute atomic E-state index is 12.4. The van der Waals surface area contributed by atoms with Crippen LogP contribution in [0.2, 0.25) is 0 Å². The van der Waals surface area contributed by atoms with Crippen molar-refractivity contribution in [2.24, 2.45) is 0 Å². The fraction of sp³-hybridized carbons (Fsp3) is 0.308. The summed E-state index contributed by atoms with van der Waals surface area (Å²) >= 11 is 0. The standard InChI is InChI=1S/C11H8F3N.C2H6/c1-7-5-15-6-8-4-9(11(12,13)14)2-3-10(7)8;1-2/h2-6H,1H3;1-2H3. The second kappa shape index (κ2) is 5.17. The maximum Gasteiger partial charge on any atom is 0.416 e. The van der Waals surface area contributed by atoms with E-state index in [0.717, 1.165) is 23.1 Å². The van der Waals surface area contributed by atoms with Crippen molar-refractivity contribution in [1.29, 1.82) is 0 Å². The molecule has 2 aromatic rings. The number of fused-ring (bicyclic) bond motifs is 1. The van der Waals surface area contributed by atoms with Crippen LogP contribution in [0.1, 0.15) is 25.0 Å². The van der Waals surface area contributed by atoms with Crippen LogP contribution in [0.25, 0.3) is 10.8 Å². The molecule has 1 heterocycles. The van der Waals surface area contributed by atoms with Crippen LogP contribution < -0.4 is 0 Å². The van der Waals surface area contributed by atoms with Crippen LogP contribution >= 0.6 is 0 Å². The van der Waals surface area contributed by atoms with Crippen molar-refractivity contribution in [3.05, 3.63) is 41.7 Å². The minimum absolute atomic E-state index is 0.518. The van der Waals surface area contributed by atoms with Crippen molar-refractivity contribution in [1.82, 2.24) is 4.98 Å². The normalized spacial score (nSPS) is 10.9. The Morgan fingerprint density at radius 2 is 1.71 bits per heavy atom. The molecular formula is C13H14F3N. The third kappa shape index (κ3) is 2.96. The van der Waals surface area contributed by atoms with Crippen LogP contribution in [-0.2, 0) is 6.18 Å². The van der Waals surface area contributed by atoms with Crippen LogP contribution in [-0.4, -0.2) is 4.98 Å². The van der Waals surface area contributed by atoms with Gasteiger partial charge in [-0.15, -0.1) is 0 Å². The van der Waals surface area contributed by atoms with Crippen LogP contribution in [0.5, 0.6) is 0 Å². The van der Waals surface area contributed by atoms with Gasteiger partial charge in [0.05, 0.1) is 5.56 Å². The predicted molar refractivity (Wildman–Crippen MR) is 62.8 cm³/mol. The maximum atomic E-state index is 12.4. The molecule has 0 saturated heterocycles. The molecule has 4 heteroatoms. The van der Waals surface area contributed by atoms with Gasteiger partial charge in [-0.2, -0.15) is 13.2 Å². The Balaban J connectivity index is 0.000000686. The first-order chi connectivity index (χ1) is 7.98. The van der Waals surface area contributed by atoms with E-state index in [0.29, 0.717) is 5.39 Å². The summed E-state index contributed by atoms with van der Waals surface area (Å²) in [5, 5.41) is 1.32. The molecule has 0 aliphatic carbocycles. The summed E-state index contributed by atoms with van der Waals surface area (Å²) in [7, 11) is 0. The summed E-state index contributed by atoms with van der Waals surface area (Å²) in [6.07, 6.45) is -1.22. The number of aryl methyl sites for hydroxylation is 1. The van der Waals surface area contributed by atoms with Crippen molar-refractivity contribution in [3.63, 3.8) is 0 Å². The third-order valence-electron chi connectivity index (χ3n) is 2.29. The van der Waals surface area contributed by atoms with E-state index in [1.54, 1.807) is 6.20 Å². The van der Waals surface area contributed by atoms with Crippen LogP contribution in [0.15, 0.2) is 30.6 Å². The van der Waals surface area contributed by atoms with E-state index >= 15 is 0 Å². The van der Waals surface area contributed by atoms with E-state index in [1.165, 1.54) is 12.3 Å². The molecule has 0 aliphatic rings. The Morgan fingerprint density at radius 3 is 2.29 bits per heavy atom. The van der Waals surface area contributed by atoms with Gasteiger partial charge in [0.25, 0.3) is 0 Å². The lowest BCUT2D eigenvalue weighted by Gasteiger charge is -2.08. The monoisotopic (exact) mass is 241 g/mol. The smallest absolute Gasteiger partial charge is 0.264 e. The topological polar surface area (TPSA) is 12.9 Å². The average molecular weight is 241 g/mol. The first kappa shape index (κ1) is 13.5. The molecule has 2 rings (SSSR count). The van der Waals surface area contributed by atoms with Gasteiger partial charge < -0.3 is 0 Å². The molecule has 0 unspecified atom stereocenters. The average Bonchev–Trinajstić information content (AvgIpc) is 2.30. The Bertz CT molecular complexity index is 503. The van der Waals surface area contributed by atoms with Crippen LogP contribution in [0.4, 0.5) is 13.2 Å². The number of pyridine rings is 1. The Labute approximate surface area is 98.3 Å². The molecule has 0 saturated carbocycles. The zero-order chi connectivity index (χ0) is 13.1. The van der Waals surface area contributed by atoms with Gasteiger partial charge >= 0.3 is 6.18 Å². The third-order valence-corrected chi connectivity index (χ3v) is 2.29. The minimum Gasteiger partial charge on any atom is -0.264 e. The van der Waals surface area contributed by atoms with Crippen LogP contribution in [0, 0.1) is 6.92 Å². The highest BCUT2D eigenvalue weighted by molar-refractivity contribution is 5.85. The molecule has 0 radical (unpaired) electrons. The lowest BCUT2D eigenvalue weighted by atomic mass is 10.1.